The molecule has 0 aromatic heterocycles. The Morgan fingerprint density at radius 3 is 2.36 bits per heavy atom. The second-order valence-electron chi connectivity index (χ2n) is 4.13. The molecule has 1 saturated carbocycles. The minimum absolute atomic E-state index is 0.237. The summed E-state index contributed by atoms with van der Waals surface area (Å²) in [5.74, 6) is 0. The molecule has 2 nitrogen and oxygen atoms in total. The van der Waals surface area contributed by atoms with E-state index in [4.69, 9.17) is 5.11 Å². The molecule has 1 rings (SSSR count). The Morgan fingerprint density at radius 1 is 1.45 bits per heavy atom. The van der Waals surface area contributed by atoms with E-state index in [2.05, 4.69) is 19.2 Å². The van der Waals surface area contributed by atoms with Gasteiger partial charge in [0, 0.05) is 12.1 Å². The van der Waals surface area contributed by atoms with Gasteiger partial charge in [-0.3, -0.25) is 0 Å². The predicted molar refractivity (Wildman–Crippen MR) is 46.5 cm³/mol. The molecule has 0 aliphatic heterocycles. The number of aliphatic hydroxyl groups excluding tert-OH is 1. The summed E-state index contributed by atoms with van der Waals surface area (Å²) in [6.07, 6.45) is 2.67. The molecule has 0 aromatic carbocycles. The molecule has 0 heterocycles. The van der Waals surface area contributed by atoms with Crippen molar-refractivity contribution in [3.63, 3.8) is 0 Å². The minimum Gasteiger partial charge on any atom is -0.395 e. The van der Waals surface area contributed by atoms with Crippen LogP contribution in [-0.2, 0) is 0 Å². The molecule has 66 valence electrons. The summed E-state index contributed by atoms with van der Waals surface area (Å²) >= 11 is 0. The number of rotatable bonds is 4. The van der Waals surface area contributed by atoms with E-state index in [1.54, 1.807) is 0 Å². The third kappa shape index (κ3) is 2.17. The smallest absolute Gasteiger partial charge is 0.0582 e. The molecule has 2 heteroatoms. The van der Waals surface area contributed by atoms with Gasteiger partial charge in [-0.15, -0.1) is 0 Å². The van der Waals surface area contributed by atoms with Crippen molar-refractivity contribution in [3.8, 4) is 0 Å². The van der Waals surface area contributed by atoms with Crippen molar-refractivity contribution in [3.05, 3.63) is 0 Å². The summed E-state index contributed by atoms with van der Waals surface area (Å²) in [5.41, 5.74) is 0.517. The van der Waals surface area contributed by atoms with Gasteiger partial charge in [-0.05, 0) is 32.1 Å². The van der Waals surface area contributed by atoms with E-state index in [1.165, 1.54) is 12.8 Å². The molecule has 0 spiro atoms. The molecular weight excluding hydrogens is 138 g/mol. The molecule has 11 heavy (non-hydrogen) atoms. The Kier molecular flexibility index (Phi) is 2.55. The molecule has 1 aliphatic rings. The lowest BCUT2D eigenvalue weighted by Gasteiger charge is -2.23. The molecule has 1 fully saturated rings. The first-order valence-electron chi connectivity index (χ1n) is 4.45. The van der Waals surface area contributed by atoms with Crippen LogP contribution in [0, 0.1) is 5.41 Å². The van der Waals surface area contributed by atoms with Gasteiger partial charge in [0.1, 0.15) is 0 Å². The fraction of sp³-hybridized carbons (Fsp3) is 1.00. The van der Waals surface area contributed by atoms with Crippen LogP contribution in [0.5, 0.6) is 0 Å². The van der Waals surface area contributed by atoms with E-state index in [0.717, 1.165) is 0 Å². The van der Waals surface area contributed by atoms with Crippen molar-refractivity contribution in [1.29, 1.82) is 0 Å². The summed E-state index contributed by atoms with van der Waals surface area (Å²) in [6, 6.07) is 0.784. The average molecular weight is 157 g/mol. The predicted octanol–water partition coefficient (Wildman–Crippen LogP) is 1.15. The van der Waals surface area contributed by atoms with Gasteiger partial charge in [0.05, 0.1) is 6.61 Å². The average Bonchev–Trinajstić information content (AvgIpc) is 2.69. The summed E-state index contributed by atoms with van der Waals surface area (Å²) in [4.78, 5) is 0. The van der Waals surface area contributed by atoms with Gasteiger partial charge in [-0.25, -0.2) is 0 Å². The number of hydrogen-bond donors (Lipinski definition) is 2. The molecule has 2 unspecified atom stereocenters. The quantitative estimate of drug-likeness (QED) is 0.641. The molecule has 0 bridgehead atoms. The van der Waals surface area contributed by atoms with Crippen molar-refractivity contribution in [2.75, 3.05) is 6.61 Å². The summed E-state index contributed by atoms with van der Waals surface area (Å²) in [6.45, 7) is 6.76. The maximum atomic E-state index is 8.81. The van der Waals surface area contributed by atoms with Gasteiger partial charge < -0.3 is 10.4 Å². The second kappa shape index (κ2) is 3.11. The standard InChI is InChI=1S/C9H19NO/c1-7(6-11)10-8(2)9(3)4-5-9/h7-8,10-11H,4-6H2,1-3H3. The van der Waals surface area contributed by atoms with Crippen LogP contribution in [0.3, 0.4) is 0 Å². The topological polar surface area (TPSA) is 32.3 Å². The monoisotopic (exact) mass is 157 g/mol. The van der Waals surface area contributed by atoms with E-state index in [-0.39, 0.29) is 12.6 Å². The molecule has 0 aromatic rings. The zero-order valence-corrected chi connectivity index (χ0v) is 7.72. The Hall–Kier alpha value is -0.0800. The molecule has 0 amide bonds. The Bertz CT molecular complexity index is 132. The second-order valence-corrected chi connectivity index (χ2v) is 4.13. The van der Waals surface area contributed by atoms with E-state index < -0.39 is 0 Å². The highest BCUT2D eigenvalue weighted by Crippen LogP contribution is 2.47. The highest BCUT2D eigenvalue weighted by atomic mass is 16.3. The van der Waals surface area contributed by atoms with Crippen LogP contribution in [-0.4, -0.2) is 23.8 Å². The fourth-order valence-corrected chi connectivity index (χ4v) is 1.31. The fourth-order valence-electron chi connectivity index (χ4n) is 1.31. The maximum Gasteiger partial charge on any atom is 0.0582 e. The van der Waals surface area contributed by atoms with Crippen LogP contribution in [0.4, 0.5) is 0 Å². The Morgan fingerprint density at radius 2 is 2.00 bits per heavy atom. The van der Waals surface area contributed by atoms with Crippen molar-refractivity contribution >= 4 is 0 Å². The maximum absolute atomic E-state index is 8.81. The van der Waals surface area contributed by atoms with E-state index >= 15 is 0 Å². The first-order valence-corrected chi connectivity index (χ1v) is 4.45. The van der Waals surface area contributed by atoms with Crippen LogP contribution < -0.4 is 5.32 Å². The first kappa shape index (κ1) is 9.01. The summed E-state index contributed by atoms with van der Waals surface area (Å²) in [5, 5.41) is 12.2. The van der Waals surface area contributed by atoms with Crippen molar-refractivity contribution in [1.82, 2.24) is 5.32 Å². The van der Waals surface area contributed by atoms with Crippen molar-refractivity contribution < 1.29 is 5.11 Å². The third-order valence-electron chi connectivity index (χ3n) is 2.89. The van der Waals surface area contributed by atoms with Crippen molar-refractivity contribution in [2.45, 2.75) is 45.7 Å². The summed E-state index contributed by atoms with van der Waals surface area (Å²) < 4.78 is 0. The molecular formula is C9H19NO. The molecule has 2 N–H and O–H groups in total. The highest BCUT2D eigenvalue weighted by molar-refractivity contribution is 4.97. The van der Waals surface area contributed by atoms with Gasteiger partial charge in [0.2, 0.25) is 0 Å². The SMILES string of the molecule is CC(CO)NC(C)C1(C)CC1. The van der Waals surface area contributed by atoms with Crippen molar-refractivity contribution in [2.24, 2.45) is 5.41 Å². The number of hydrogen-bond acceptors (Lipinski definition) is 2. The Balaban J connectivity index is 2.25. The minimum atomic E-state index is 0.237. The van der Waals surface area contributed by atoms with E-state index in [0.29, 0.717) is 11.5 Å². The summed E-state index contributed by atoms with van der Waals surface area (Å²) in [7, 11) is 0. The third-order valence-corrected chi connectivity index (χ3v) is 2.89. The van der Waals surface area contributed by atoms with Crippen LogP contribution >= 0.6 is 0 Å². The van der Waals surface area contributed by atoms with Gasteiger partial charge in [0.15, 0.2) is 0 Å². The highest BCUT2D eigenvalue weighted by Gasteiger charge is 2.42. The zero-order valence-electron chi connectivity index (χ0n) is 7.72. The van der Waals surface area contributed by atoms with Crippen LogP contribution in [0.1, 0.15) is 33.6 Å². The normalized spacial score (nSPS) is 26.2. The Labute approximate surface area is 69.0 Å². The lowest BCUT2D eigenvalue weighted by molar-refractivity contribution is 0.226. The number of aliphatic hydroxyl groups is 1. The number of nitrogens with one attached hydrogen (secondary N) is 1. The zero-order chi connectivity index (χ0) is 8.48. The first-order chi connectivity index (χ1) is 5.08. The van der Waals surface area contributed by atoms with E-state index in [1.807, 2.05) is 6.92 Å². The lowest BCUT2D eigenvalue weighted by atomic mass is 10.0. The molecule has 0 radical (unpaired) electrons. The van der Waals surface area contributed by atoms with E-state index in [9.17, 15) is 0 Å². The van der Waals surface area contributed by atoms with Crippen LogP contribution in [0.2, 0.25) is 0 Å². The molecule has 1 aliphatic carbocycles. The van der Waals surface area contributed by atoms with Gasteiger partial charge in [-0.2, -0.15) is 0 Å². The van der Waals surface area contributed by atoms with Gasteiger partial charge >= 0.3 is 0 Å². The van der Waals surface area contributed by atoms with Crippen LogP contribution in [0.15, 0.2) is 0 Å². The van der Waals surface area contributed by atoms with Crippen LogP contribution in [0.25, 0.3) is 0 Å². The van der Waals surface area contributed by atoms with Gasteiger partial charge in [0.25, 0.3) is 0 Å². The molecule has 2 atom stereocenters. The van der Waals surface area contributed by atoms with Gasteiger partial charge in [-0.1, -0.05) is 6.92 Å². The lowest BCUT2D eigenvalue weighted by Crippen LogP contribution is -2.41. The molecule has 0 saturated heterocycles. The largest absolute Gasteiger partial charge is 0.395 e.